The maximum atomic E-state index is 13.4. The molecule has 1 fully saturated rings. The average molecular weight is 340 g/mol. The summed E-state index contributed by atoms with van der Waals surface area (Å²) in [6, 6.07) is 4.31. The van der Waals surface area contributed by atoms with Crippen molar-refractivity contribution in [3.63, 3.8) is 0 Å². The summed E-state index contributed by atoms with van der Waals surface area (Å²) in [6.07, 6.45) is 1.18. The topological polar surface area (TPSA) is 29.5 Å². The second-order valence-electron chi connectivity index (χ2n) is 7.02. The van der Waals surface area contributed by atoms with E-state index in [1.54, 1.807) is 17.0 Å². The van der Waals surface area contributed by atoms with Crippen molar-refractivity contribution in [2.75, 3.05) is 0 Å². The van der Waals surface area contributed by atoms with Gasteiger partial charge in [0.15, 0.2) is 0 Å². The Morgan fingerprint density at radius 3 is 2.57 bits per heavy atom. The third kappa shape index (κ3) is 4.05. The Morgan fingerprint density at radius 1 is 1.39 bits per heavy atom. The van der Waals surface area contributed by atoms with Gasteiger partial charge in [0.25, 0.3) is 0 Å². The van der Waals surface area contributed by atoms with Gasteiger partial charge in [-0.3, -0.25) is 4.90 Å². The van der Waals surface area contributed by atoms with E-state index in [2.05, 4.69) is 6.58 Å². The van der Waals surface area contributed by atoms with Crippen LogP contribution in [0, 0.1) is 5.82 Å². The zero-order valence-electron chi connectivity index (χ0n) is 14.0. The highest BCUT2D eigenvalue weighted by molar-refractivity contribution is 6.30. The van der Waals surface area contributed by atoms with Crippen molar-refractivity contribution in [1.29, 1.82) is 0 Å². The van der Waals surface area contributed by atoms with Crippen LogP contribution >= 0.6 is 11.6 Å². The maximum Gasteiger partial charge on any atom is 0.411 e. The van der Waals surface area contributed by atoms with Crippen molar-refractivity contribution in [2.24, 2.45) is 0 Å². The molecule has 1 aromatic rings. The lowest BCUT2D eigenvalue weighted by molar-refractivity contribution is 0.0170. The number of halogens is 2. The van der Waals surface area contributed by atoms with Gasteiger partial charge in [0.1, 0.15) is 11.4 Å². The van der Waals surface area contributed by atoms with Crippen LogP contribution in [0.15, 0.2) is 30.4 Å². The van der Waals surface area contributed by atoms with E-state index in [-0.39, 0.29) is 23.2 Å². The summed E-state index contributed by atoms with van der Waals surface area (Å²) in [4.78, 5) is 14.4. The van der Waals surface area contributed by atoms with Crippen LogP contribution in [0.2, 0.25) is 5.02 Å². The van der Waals surface area contributed by atoms with E-state index in [1.807, 2.05) is 27.7 Å². The lowest BCUT2D eigenvalue weighted by Crippen LogP contribution is -2.41. The van der Waals surface area contributed by atoms with Gasteiger partial charge in [-0.15, -0.1) is 0 Å². The molecule has 0 bridgehead atoms. The van der Waals surface area contributed by atoms with E-state index in [0.29, 0.717) is 0 Å². The Hall–Kier alpha value is -1.55. The van der Waals surface area contributed by atoms with Crippen molar-refractivity contribution in [1.82, 2.24) is 4.90 Å². The molecule has 2 atom stereocenters. The van der Waals surface area contributed by atoms with Gasteiger partial charge < -0.3 is 4.74 Å². The molecular formula is C18H23ClFNO2. The van der Waals surface area contributed by atoms with Crippen LogP contribution in [0.4, 0.5) is 9.18 Å². The third-order valence-corrected chi connectivity index (χ3v) is 4.18. The quantitative estimate of drug-likeness (QED) is 0.666. The number of carbonyl (C=O) groups is 1. The monoisotopic (exact) mass is 339 g/mol. The molecule has 0 saturated carbocycles. The normalized spacial score (nSPS) is 21.4. The summed E-state index contributed by atoms with van der Waals surface area (Å²) < 4.78 is 19.0. The predicted octanol–water partition coefficient (Wildman–Crippen LogP) is 5.50. The van der Waals surface area contributed by atoms with Gasteiger partial charge in [0.05, 0.1) is 17.1 Å². The van der Waals surface area contributed by atoms with E-state index < -0.39 is 11.4 Å². The minimum absolute atomic E-state index is 0.0606. The van der Waals surface area contributed by atoms with E-state index in [4.69, 9.17) is 16.3 Å². The largest absolute Gasteiger partial charge is 0.444 e. The van der Waals surface area contributed by atoms with Crippen molar-refractivity contribution in [2.45, 2.75) is 58.2 Å². The number of benzene rings is 1. The maximum absolute atomic E-state index is 13.4. The lowest BCUT2D eigenvalue weighted by Gasteiger charge is -2.33. The van der Waals surface area contributed by atoms with Gasteiger partial charge in [0.2, 0.25) is 0 Å². The van der Waals surface area contributed by atoms with Gasteiger partial charge in [0, 0.05) is 0 Å². The molecule has 0 spiro atoms. The standard InChI is InChI=1S/C18H23ClFNO2/c1-11(2)15-8-9-16(12-6-7-14(20)13(19)10-12)21(15)17(22)23-18(3,4)5/h6-7,10,15-16H,1,8-9H2,2-5H3/t15-,16+/m1/s1. The fourth-order valence-electron chi connectivity index (χ4n) is 2.91. The summed E-state index contributed by atoms with van der Waals surface area (Å²) in [6.45, 7) is 11.4. The third-order valence-electron chi connectivity index (χ3n) is 3.89. The molecule has 5 heteroatoms. The molecular weight excluding hydrogens is 317 g/mol. The van der Waals surface area contributed by atoms with Crippen LogP contribution in [0.25, 0.3) is 0 Å². The lowest BCUT2D eigenvalue weighted by atomic mass is 10.0. The van der Waals surface area contributed by atoms with Crippen LogP contribution < -0.4 is 0 Å². The Bertz CT molecular complexity index is 624. The molecule has 0 aromatic heterocycles. The van der Waals surface area contributed by atoms with Gasteiger partial charge in [-0.25, -0.2) is 9.18 Å². The van der Waals surface area contributed by atoms with Gasteiger partial charge in [-0.1, -0.05) is 29.8 Å². The first-order valence-electron chi connectivity index (χ1n) is 7.72. The molecule has 1 saturated heterocycles. The van der Waals surface area contributed by atoms with Gasteiger partial charge >= 0.3 is 6.09 Å². The Morgan fingerprint density at radius 2 is 2.04 bits per heavy atom. The summed E-state index contributed by atoms with van der Waals surface area (Å²) in [5.41, 5.74) is 1.14. The van der Waals surface area contributed by atoms with E-state index in [0.717, 1.165) is 24.0 Å². The van der Waals surface area contributed by atoms with Crippen LogP contribution in [0.5, 0.6) is 0 Å². The molecule has 0 radical (unpaired) electrons. The number of rotatable bonds is 2. The molecule has 3 nitrogen and oxygen atoms in total. The molecule has 1 amide bonds. The SMILES string of the molecule is C=C(C)[C@H]1CC[C@@H](c2ccc(F)c(Cl)c2)N1C(=O)OC(C)(C)C. The first-order valence-corrected chi connectivity index (χ1v) is 8.09. The first-order chi connectivity index (χ1) is 10.6. The van der Waals surface area contributed by atoms with E-state index >= 15 is 0 Å². The highest BCUT2D eigenvalue weighted by Gasteiger charge is 2.40. The molecule has 1 heterocycles. The first kappa shape index (κ1) is 17.8. The number of ether oxygens (including phenoxy) is 1. The van der Waals surface area contributed by atoms with Crippen LogP contribution in [0.1, 0.15) is 52.1 Å². The molecule has 2 rings (SSSR count). The number of likely N-dealkylation sites (tertiary alicyclic amines) is 1. The van der Waals surface area contributed by atoms with Gasteiger partial charge in [-0.2, -0.15) is 0 Å². The fourth-order valence-corrected chi connectivity index (χ4v) is 3.10. The molecule has 23 heavy (non-hydrogen) atoms. The minimum Gasteiger partial charge on any atom is -0.444 e. The Labute approximate surface area is 142 Å². The zero-order valence-corrected chi connectivity index (χ0v) is 14.8. The Balaban J connectivity index is 2.35. The van der Waals surface area contributed by atoms with Crippen molar-refractivity contribution in [3.8, 4) is 0 Å². The van der Waals surface area contributed by atoms with Gasteiger partial charge in [-0.05, 0) is 58.2 Å². The molecule has 1 aliphatic heterocycles. The predicted molar refractivity (Wildman–Crippen MR) is 90.1 cm³/mol. The Kier molecular flexibility index (Phi) is 5.04. The minimum atomic E-state index is -0.579. The van der Waals surface area contributed by atoms with E-state index in [1.165, 1.54) is 6.07 Å². The number of amides is 1. The zero-order chi connectivity index (χ0) is 17.4. The number of nitrogens with zero attached hydrogens (tertiary/aromatic N) is 1. The highest BCUT2D eigenvalue weighted by atomic mass is 35.5. The number of hydrogen-bond donors (Lipinski definition) is 0. The van der Waals surface area contributed by atoms with Crippen molar-refractivity contribution >= 4 is 17.7 Å². The summed E-state index contributed by atoms with van der Waals surface area (Å²) in [5, 5.41) is 0.0606. The molecule has 126 valence electrons. The molecule has 0 N–H and O–H groups in total. The molecule has 0 unspecified atom stereocenters. The molecule has 1 aromatic carbocycles. The number of carbonyl (C=O) groups excluding carboxylic acids is 1. The van der Waals surface area contributed by atoms with Crippen molar-refractivity contribution in [3.05, 3.63) is 46.8 Å². The van der Waals surface area contributed by atoms with Crippen molar-refractivity contribution < 1.29 is 13.9 Å². The molecule has 1 aliphatic rings. The fraction of sp³-hybridized carbons (Fsp3) is 0.500. The highest BCUT2D eigenvalue weighted by Crippen LogP contribution is 2.40. The smallest absolute Gasteiger partial charge is 0.411 e. The molecule has 0 aliphatic carbocycles. The number of hydrogen-bond acceptors (Lipinski definition) is 2. The summed E-state index contributed by atoms with van der Waals surface area (Å²) in [5.74, 6) is -0.464. The second kappa shape index (κ2) is 6.52. The van der Waals surface area contributed by atoms with Crippen LogP contribution in [-0.2, 0) is 4.74 Å². The average Bonchev–Trinajstić information content (AvgIpc) is 2.85. The second-order valence-corrected chi connectivity index (χ2v) is 7.42. The summed E-state index contributed by atoms with van der Waals surface area (Å²) in [7, 11) is 0. The summed E-state index contributed by atoms with van der Waals surface area (Å²) >= 11 is 5.90. The van der Waals surface area contributed by atoms with Crippen LogP contribution in [0.3, 0.4) is 0 Å². The van der Waals surface area contributed by atoms with Crippen LogP contribution in [-0.4, -0.2) is 22.6 Å². The van der Waals surface area contributed by atoms with E-state index in [9.17, 15) is 9.18 Å².